The van der Waals surface area contributed by atoms with Gasteiger partial charge in [0.2, 0.25) is 5.91 Å². The number of anilines is 2. The van der Waals surface area contributed by atoms with Crippen LogP contribution in [0.15, 0.2) is 43.0 Å². The summed E-state index contributed by atoms with van der Waals surface area (Å²) >= 11 is 0. The van der Waals surface area contributed by atoms with Crippen molar-refractivity contribution < 1.29 is 32.3 Å². The van der Waals surface area contributed by atoms with Crippen LogP contribution in [0.25, 0.3) is 16.9 Å². The summed E-state index contributed by atoms with van der Waals surface area (Å²) in [5, 5.41) is 8.87. The minimum Gasteiger partial charge on any atom is -0.444 e. The molecule has 2 aliphatic heterocycles. The maximum Gasteiger partial charge on any atom is 0.435 e. The Morgan fingerprint density at radius 1 is 0.980 bits per heavy atom. The van der Waals surface area contributed by atoms with Crippen LogP contribution in [0.5, 0.6) is 0 Å². The van der Waals surface area contributed by atoms with Crippen molar-refractivity contribution in [1.29, 1.82) is 0 Å². The molecule has 266 valence electrons. The van der Waals surface area contributed by atoms with Gasteiger partial charge in [0, 0.05) is 75.0 Å². The van der Waals surface area contributed by atoms with E-state index in [2.05, 4.69) is 25.5 Å². The minimum atomic E-state index is -4.64. The minimum absolute atomic E-state index is 0.0596. The first-order valence-corrected chi connectivity index (χ1v) is 16.6. The monoisotopic (exact) mass is 695 g/mol. The quantitative estimate of drug-likeness (QED) is 0.274. The number of piperidine rings is 1. The zero-order valence-electron chi connectivity index (χ0n) is 28.4. The summed E-state index contributed by atoms with van der Waals surface area (Å²) < 4.78 is 47.5. The number of carbonyl (C=O) groups is 3. The van der Waals surface area contributed by atoms with Crippen LogP contribution in [-0.4, -0.2) is 102 Å². The second-order valence-electron chi connectivity index (χ2n) is 13.5. The molecule has 4 aromatic rings. The number of aryl methyl sites for hydroxylation is 1. The van der Waals surface area contributed by atoms with Crippen LogP contribution in [0.3, 0.4) is 0 Å². The Morgan fingerprint density at radius 2 is 1.68 bits per heavy atom. The van der Waals surface area contributed by atoms with Gasteiger partial charge in [0.25, 0.3) is 5.91 Å². The molecule has 13 nitrogen and oxygen atoms in total. The van der Waals surface area contributed by atoms with Crippen LogP contribution in [-0.2, 0) is 22.1 Å². The number of aromatic amines is 1. The van der Waals surface area contributed by atoms with E-state index in [0.717, 1.165) is 5.56 Å². The Bertz CT molecular complexity index is 1880. The number of aromatic nitrogens is 5. The number of carbonyl (C=O) groups excluding carboxylic acids is 3. The van der Waals surface area contributed by atoms with Crippen molar-refractivity contribution in [2.24, 2.45) is 5.92 Å². The number of piperazine rings is 1. The molecule has 0 bridgehead atoms. The molecule has 0 unspecified atom stereocenters. The van der Waals surface area contributed by atoms with Crippen molar-refractivity contribution in [3.8, 4) is 11.3 Å². The number of hydrogen-bond acceptors (Lipinski definition) is 8. The number of amides is 3. The summed E-state index contributed by atoms with van der Waals surface area (Å²) in [7, 11) is 0. The number of fused-ring (bicyclic) bond motifs is 1. The molecule has 1 aromatic carbocycles. The number of nitrogens with zero attached hydrogens (tertiary/aromatic N) is 7. The number of H-pyrrole nitrogens is 1. The zero-order valence-corrected chi connectivity index (χ0v) is 28.4. The van der Waals surface area contributed by atoms with E-state index in [0.29, 0.717) is 81.2 Å². The fourth-order valence-electron chi connectivity index (χ4n) is 6.41. The van der Waals surface area contributed by atoms with Crippen molar-refractivity contribution >= 4 is 35.1 Å². The average Bonchev–Trinajstić information content (AvgIpc) is 3.75. The predicted molar refractivity (Wildman–Crippen MR) is 178 cm³/mol. The third-order valence-corrected chi connectivity index (χ3v) is 8.97. The van der Waals surface area contributed by atoms with E-state index in [4.69, 9.17) is 4.74 Å². The summed E-state index contributed by atoms with van der Waals surface area (Å²) in [5.41, 5.74) is 0.767. The number of imidazole rings is 1. The van der Waals surface area contributed by atoms with Crippen molar-refractivity contribution in [3.05, 3.63) is 59.8 Å². The number of nitrogens with one attached hydrogen (secondary N) is 2. The lowest BCUT2D eigenvalue weighted by Crippen LogP contribution is -2.53. The second-order valence-corrected chi connectivity index (χ2v) is 13.5. The Labute approximate surface area is 286 Å². The molecule has 2 fully saturated rings. The fraction of sp³-hybridized carbons (Fsp3) is 0.471. The molecule has 6 rings (SSSR count). The van der Waals surface area contributed by atoms with E-state index < -0.39 is 17.5 Å². The highest BCUT2D eigenvalue weighted by atomic mass is 19.4. The molecule has 2 saturated heterocycles. The normalized spacial score (nSPS) is 16.2. The predicted octanol–water partition coefficient (Wildman–Crippen LogP) is 5.38. The average molecular weight is 696 g/mol. The molecule has 2 N–H and O–H groups in total. The molecular formula is C34H40F3N9O4. The van der Waals surface area contributed by atoms with E-state index in [1.54, 1.807) is 21.9 Å². The van der Waals surface area contributed by atoms with Gasteiger partial charge in [-0.05, 0) is 63.8 Å². The van der Waals surface area contributed by atoms with Crippen LogP contribution in [0.2, 0.25) is 0 Å². The summed E-state index contributed by atoms with van der Waals surface area (Å²) in [5.74, 6) is 0.0992. The van der Waals surface area contributed by atoms with Gasteiger partial charge in [0.1, 0.15) is 5.60 Å². The molecule has 3 amide bonds. The lowest BCUT2D eigenvalue weighted by molar-refractivity contribution is -0.140. The standard InChI is InChI=1S/C34H40F3N9O4/c1-5-21-18-23(41-28-29-39-20-26(46(29)13-10-38-28)25-19-40-42-27(25)34(35,36)37)6-7-24(21)31(48)44-16-14-43(15-17-44)30(47)22-8-11-45(12-9-22)32(49)50-33(2,3)4/h6-7,10,13,18-20,22H,5,8-9,11-12,14-17H2,1-4H3,(H,38,41)(H,40,42). The smallest absolute Gasteiger partial charge is 0.435 e. The molecule has 2 aliphatic rings. The van der Waals surface area contributed by atoms with E-state index in [-0.39, 0.29) is 35.1 Å². The Balaban J connectivity index is 1.08. The van der Waals surface area contributed by atoms with Crippen LogP contribution in [0.4, 0.5) is 29.5 Å². The molecule has 0 radical (unpaired) electrons. The molecule has 5 heterocycles. The van der Waals surface area contributed by atoms with E-state index in [1.165, 1.54) is 29.2 Å². The van der Waals surface area contributed by atoms with Crippen molar-refractivity contribution in [2.75, 3.05) is 44.6 Å². The summed E-state index contributed by atoms with van der Waals surface area (Å²) in [6, 6.07) is 5.35. The van der Waals surface area contributed by atoms with Gasteiger partial charge >= 0.3 is 12.3 Å². The molecular weight excluding hydrogens is 655 g/mol. The molecule has 0 aliphatic carbocycles. The number of hydrogen-bond donors (Lipinski definition) is 2. The van der Waals surface area contributed by atoms with Crippen LogP contribution in [0.1, 0.15) is 62.2 Å². The topological polar surface area (TPSA) is 141 Å². The van der Waals surface area contributed by atoms with Crippen LogP contribution in [0, 0.1) is 5.92 Å². The number of likely N-dealkylation sites (tertiary alicyclic amines) is 1. The molecule has 3 aromatic heterocycles. The SMILES string of the molecule is CCc1cc(Nc2nccn3c(-c4c[nH]nc4C(F)(F)F)cnc23)ccc1C(=O)N1CCN(C(=O)C2CCN(C(=O)OC(C)(C)C)CC2)CC1. The maximum atomic E-state index is 13.7. The first kappa shape index (κ1) is 34.7. The van der Waals surface area contributed by atoms with Crippen LogP contribution < -0.4 is 5.32 Å². The highest BCUT2D eigenvalue weighted by Gasteiger charge is 2.38. The molecule has 50 heavy (non-hydrogen) atoms. The largest absolute Gasteiger partial charge is 0.444 e. The van der Waals surface area contributed by atoms with E-state index >= 15 is 0 Å². The van der Waals surface area contributed by atoms with E-state index in [1.807, 2.05) is 38.7 Å². The zero-order chi connectivity index (χ0) is 35.8. The van der Waals surface area contributed by atoms with Gasteiger partial charge in [0.05, 0.1) is 17.5 Å². The van der Waals surface area contributed by atoms with Gasteiger partial charge in [-0.25, -0.2) is 14.8 Å². The van der Waals surface area contributed by atoms with Crippen molar-refractivity contribution in [3.63, 3.8) is 0 Å². The Morgan fingerprint density at radius 3 is 2.34 bits per heavy atom. The van der Waals surface area contributed by atoms with Crippen molar-refractivity contribution in [1.82, 2.24) is 39.3 Å². The van der Waals surface area contributed by atoms with Gasteiger partial charge in [-0.1, -0.05) is 6.92 Å². The first-order chi connectivity index (χ1) is 23.7. The van der Waals surface area contributed by atoms with Gasteiger partial charge in [-0.15, -0.1) is 0 Å². The number of ether oxygens (including phenoxy) is 1. The molecule has 0 spiro atoms. The third-order valence-electron chi connectivity index (χ3n) is 8.97. The lowest BCUT2D eigenvalue weighted by Gasteiger charge is -2.39. The van der Waals surface area contributed by atoms with Gasteiger partial charge in [0.15, 0.2) is 17.2 Å². The summed E-state index contributed by atoms with van der Waals surface area (Å²) in [6.45, 7) is 10.0. The van der Waals surface area contributed by atoms with Gasteiger partial charge in [-0.2, -0.15) is 18.3 Å². The highest BCUT2D eigenvalue weighted by molar-refractivity contribution is 5.96. The first-order valence-electron chi connectivity index (χ1n) is 16.6. The van der Waals surface area contributed by atoms with Gasteiger partial charge < -0.3 is 24.8 Å². The Kier molecular flexibility index (Phi) is 9.46. The highest BCUT2D eigenvalue weighted by Crippen LogP contribution is 2.36. The summed E-state index contributed by atoms with van der Waals surface area (Å²) in [4.78, 5) is 53.3. The lowest BCUT2D eigenvalue weighted by atomic mass is 9.95. The van der Waals surface area contributed by atoms with Gasteiger partial charge in [-0.3, -0.25) is 19.1 Å². The second kappa shape index (κ2) is 13.6. The number of halogens is 3. The molecule has 0 atom stereocenters. The maximum absolute atomic E-state index is 13.7. The Hall–Kier alpha value is -5.15. The third kappa shape index (κ3) is 7.23. The molecule has 16 heteroatoms. The number of rotatable bonds is 6. The number of benzene rings is 1. The van der Waals surface area contributed by atoms with Crippen molar-refractivity contribution in [2.45, 2.75) is 58.7 Å². The van der Waals surface area contributed by atoms with Crippen LogP contribution >= 0.6 is 0 Å². The molecule has 0 saturated carbocycles. The fourth-order valence-corrected chi connectivity index (χ4v) is 6.41. The number of alkyl halides is 3. The van der Waals surface area contributed by atoms with E-state index in [9.17, 15) is 27.6 Å². The summed E-state index contributed by atoms with van der Waals surface area (Å²) in [6.07, 6.45) is 2.23.